The molecule has 3 aromatic rings. The van der Waals surface area contributed by atoms with Crippen LogP contribution in [0.2, 0.25) is 0 Å². The number of nitrogens with one attached hydrogen (secondary N) is 1. The van der Waals surface area contributed by atoms with Gasteiger partial charge < -0.3 is 10.1 Å². The van der Waals surface area contributed by atoms with E-state index in [1.807, 2.05) is 6.07 Å². The fourth-order valence-corrected chi connectivity index (χ4v) is 2.54. The Balaban J connectivity index is 1.89. The molecule has 1 aromatic carbocycles. The first-order valence-corrected chi connectivity index (χ1v) is 7.41. The van der Waals surface area contributed by atoms with Crippen molar-refractivity contribution < 1.29 is 13.9 Å². The van der Waals surface area contributed by atoms with Crippen LogP contribution in [0.25, 0.3) is 10.9 Å². The van der Waals surface area contributed by atoms with Gasteiger partial charge in [0.15, 0.2) is 0 Å². The van der Waals surface area contributed by atoms with Crippen molar-refractivity contribution in [2.75, 3.05) is 7.11 Å². The molecule has 0 spiro atoms. The third kappa shape index (κ3) is 3.17. The number of carbonyl (C=O) groups excluding carboxylic acids is 1. The Morgan fingerprint density at radius 1 is 1.29 bits per heavy atom. The van der Waals surface area contributed by atoms with Crippen molar-refractivity contribution in [1.82, 2.24) is 15.3 Å². The first-order valence-electron chi connectivity index (χ1n) is 7.41. The Hall–Kier alpha value is -3.02. The molecule has 1 amide bonds. The first-order chi connectivity index (χ1) is 11.6. The standard InChI is InChI=1S/C18H16FN3O2/c1-11-8-15(14-6-5-13(19)9-16(14)22-11)17(23)21-10-12-4-3-7-20-18(12)24-2/h3-9H,10H2,1-2H3,(H,21,23). The molecule has 2 heterocycles. The zero-order valence-corrected chi connectivity index (χ0v) is 13.3. The van der Waals surface area contributed by atoms with Crippen molar-refractivity contribution in [2.24, 2.45) is 0 Å². The second-order valence-corrected chi connectivity index (χ2v) is 5.33. The highest BCUT2D eigenvalue weighted by molar-refractivity contribution is 6.06. The van der Waals surface area contributed by atoms with Gasteiger partial charge in [-0.2, -0.15) is 0 Å². The topological polar surface area (TPSA) is 64.1 Å². The molecule has 122 valence electrons. The summed E-state index contributed by atoms with van der Waals surface area (Å²) in [7, 11) is 1.53. The van der Waals surface area contributed by atoms with Gasteiger partial charge in [0.1, 0.15) is 5.82 Å². The third-order valence-corrected chi connectivity index (χ3v) is 3.63. The molecule has 0 aliphatic heterocycles. The number of benzene rings is 1. The SMILES string of the molecule is COc1ncccc1CNC(=O)c1cc(C)nc2cc(F)ccc12. The quantitative estimate of drug-likeness (QED) is 0.801. The van der Waals surface area contributed by atoms with Gasteiger partial charge in [0, 0.05) is 35.5 Å². The number of rotatable bonds is 4. The van der Waals surface area contributed by atoms with Crippen molar-refractivity contribution in [2.45, 2.75) is 13.5 Å². The molecule has 5 nitrogen and oxygen atoms in total. The minimum Gasteiger partial charge on any atom is -0.481 e. The van der Waals surface area contributed by atoms with Crippen LogP contribution in [0, 0.1) is 12.7 Å². The van der Waals surface area contributed by atoms with Crippen LogP contribution < -0.4 is 10.1 Å². The molecule has 0 radical (unpaired) electrons. The van der Waals surface area contributed by atoms with Crippen LogP contribution in [0.4, 0.5) is 4.39 Å². The summed E-state index contributed by atoms with van der Waals surface area (Å²) in [5.74, 6) is -0.175. The van der Waals surface area contributed by atoms with Gasteiger partial charge in [-0.3, -0.25) is 9.78 Å². The lowest BCUT2D eigenvalue weighted by atomic mass is 10.1. The number of carbonyl (C=O) groups is 1. The number of ether oxygens (including phenoxy) is 1. The van der Waals surface area contributed by atoms with Crippen molar-refractivity contribution in [1.29, 1.82) is 0 Å². The molecule has 6 heteroatoms. The van der Waals surface area contributed by atoms with Crippen LogP contribution in [-0.4, -0.2) is 23.0 Å². The number of hydrogen-bond acceptors (Lipinski definition) is 4. The summed E-state index contributed by atoms with van der Waals surface area (Å²) < 4.78 is 18.6. The molecule has 0 fully saturated rings. The lowest BCUT2D eigenvalue weighted by Crippen LogP contribution is -2.23. The molecule has 0 bridgehead atoms. The van der Waals surface area contributed by atoms with Crippen molar-refractivity contribution in [3.8, 4) is 5.88 Å². The number of nitrogens with zero attached hydrogens (tertiary/aromatic N) is 2. The van der Waals surface area contributed by atoms with Crippen molar-refractivity contribution in [3.63, 3.8) is 0 Å². The molecule has 0 atom stereocenters. The van der Waals surface area contributed by atoms with E-state index >= 15 is 0 Å². The van der Waals surface area contributed by atoms with Gasteiger partial charge in [-0.15, -0.1) is 0 Å². The van der Waals surface area contributed by atoms with Crippen LogP contribution in [0.15, 0.2) is 42.6 Å². The van der Waals surface area contributed by atoms with Gasteiger partial charge >= 0.3 is 0 Å². The number of pyridine rings is 2. The zero-order chi connectivity index (χ0) is 17.1. The van der Waals surface area contributed by atoms with E-state index in [9.17, 15) is 9.18 Å². The van der Waals surface area contributed by atoms with Gasteiger partial charge in [-0.25, -0.2) is 9.37 Å². The predicted molar refractivity (Wildman–Crippen MR) is 88.4 cm³/mol. The summed E-state index contributed by atoms with van der Waals surface area (Å²) in [5, 5.41) is 3.45. The number of amides is 1. The maximum atomic E-state index is 13.4. The van der Waals surface area contributed by atoms with Gasteiger partial charge in [-0.05, 0) is 31.2 Å². The van der Waals surface area contributed by atoms with Gasteiger partial charge in [0.25, 0.3) is 5.91 Å². The minimum absolute atomic E-state index is 0.261. The van der Waals surface area contributed by atoms with Gasteiger partial charge in [0.2, 0.25) is 5.88 Å². The number of aromatic nitrogens is 2. The van der Waals surface area contributed by atoms with E-state index in [2.05, 4.69) is 15.3 Å². The lowest BCUT2D eigenvalue weighted by molar-refractivity contribution is 0.0952. The smallest absolute Gasteiger partial charge is 0.252 e. The Morgan fingerprint density at radius 2 is 2.12 bits per heavy atom. The molecule has 0 unspecified atom stereocenters. The highest BCUT2D eigenvalue weighted by Crippen LogP contribution is 2.20. The number of aryl methyl sites for hydroxylation is 1. The average molecular weight is 325 g/mol. The summed E-state index contributed by atoms with van der Waals surface area (Å²) >= 11 is 0. The maximum Gasteiger partial charge on any atom is 0.252 e. The average Bonchev–Trinajstić information content (AvgIpc) is 2.58. The van der Waals surface area contributed by atoms with Crippen LogP contribution >= 0.6 is 0 Å². The summed E-state index contributed by atoms with van der Waals surface area (Å²) in [6, 6.07) is 9.51. The largest absolute Gasteiger partial charge is 0.481 e. The number of methoxy groups -OCH3 is 1. The molecule has 1 N–H and O–H groups in total. The summed E-state index contributed by atoms with van der Waals surface area (Å²) in [5.41, 5.74) is 2.34. The van der Waals surface area contributed by atoms with Crippen LogP contribution in [0.1, 0.15) is 21.6 Å². The zero-order valence-electron chi connectivity index (χ0n) is 13.3. The minimum atomic E-state index is -0.382. The van der Waals surface area contributed by atoms with E-state index in [1.165, 1.54) is 19.2 Å². The second-order valence-electron chi connectivity index (χ2n) is 5.33. The Labute approximate surface area is 138 Å². The normalized spacial score (nSPS) is 10.6. The maximum absolute atomic E-state index is 13.4. The van der Waals surface area contributed by atoms with Gasteiger partial charge in [-0.1, -0.05) is 6.07 Å². The number of hydrogen-bond donors (Lipinski definition) is 1. The molecular weight excluding hydrogens is 309 g/mol. The number of fused-ring (bicyclic) bond motifs is 1. The molecule has 0 saturated carbocycles. The van der Waals surface area contributed by atoms with Crippen molar-refractivity contribution >= 4 is 16.8 Å². The molecule has 0 saturated heterocycles. The van der Waals surface area contributed by atoms with E-state index in [0.717, 1.165) is 5.56 Å². The fourth-order valence-electron chi connectivity index (χ4n) is 2.54. The molecule has 0 aliphatic rings. The van der Waals surface area contributed by atoms with Gasteiger partial charge in [0.05, 0.1) is 18.2 Å². The Kier molecular flexibility index (Phi) is 4.37. The second kappa shape index (κ2) is 6.62. The summed E-state index contributed by atoms with van der Waals surface area (Å²) in [6.07, 6.45) is 1.62. The number of halogens is 1. The van der Waals surface area contributed by atoms with E-state index in [1.54, 1.807) is 31.3 Å². The lowest BCUT2D eigenvalue weighted by Gasteiger charge is -2.11. The van der Waals surface area contributed by atoms with Crippen molar-refractivity contribution in [3.05, 3.63) is 65.2 Å². The summed E-state index contributed by atoms with van der Waals surface area (Å²) in [4.78, 5) is 20.9. The molecule has 24 heavy (non-hydrogen) atoms. The first kappa shape index (κ1) is 15.9. The van der Waals surface area contributed by atoms with Crippen LogP contribution in [0.3, 0.4) is 0 Å². The molecular formula is C18H16FN3O2. The fraction of sp³-hybridized carbons (Fsp3) is 0.167. The predicted octanol–water partition coefficient (Wildman–Crippen LogP) is 3.02. The Morgan fingerprint density at radius 3 is 2.92 bits per heavy atom. The van der Waals surface area contributed by atoms with E-state index in [0.29, 0.717) is 28.0 Å². The van der Waals surface area contributed by atoms with E-state index in [4.69, 9.17) is 4.74 Å². The van der Waals surface area contributed by atoms with E-state index in [-0.39, 0.29) is 18.3 Å². The highest BCUT2D eigenvalue weighted by Gasteiger charge is 2.13. The van der Waals surface area contributed by atoms with E-state index < -0.39 is 0 Å². The molecule has 3 rings (SSSR count). The third-order valence-electron chi connectivity index (χ3n) is 3.63. The molecule has 2 aromatic heterocycles. The summed E-state index contributed by atoms with van der Waals surface area (Å²) in [6.45, 7) is 2.05. The van der Waals surface area contributed by atoms with Crippen LogP contribution in [-0.2, 0) is 6.54 Å². The molecule has 0 aliphatic carbocycles. The highest BCUT2D eigenvalue weighted by atomic mass is 19.1. The Bertz CT molecular complexity index is 907. The monoisotopic (exact) mass is 325 g/mol. The van der Waals surface area contributed by atoms with Crippen LogP contribution in [0.5, 0.6) is 5.88 Å².